The van der Waals surface area contributed by atoms with Crippen LogP contribution in [0.1, 0.15) is 74.8 Å². The van der Waals surface area contributed by atoms with E-state index < -0.39 is 62.0 Å². The van der Waals surface area contributed by atoms with E-state index in [1.807, 2.05) is 0 Å². The van der Waals surface area contributed by atoms with E-state index in [9.17, 15) is 23.1 Å². The fraction of sp³-hybridized carbons (Fsp3) is 0.481. The summed E-state index contributed by atoms with van der Waals surface area (Å²) in [4.78, 5) is 24.5. The molecule has 9 heteroatoms. The normalized spacial score (nSPS) is 29.9. The number of benzene rings is 2. The van der Waals surface area contributed by atoms with Gasteiger partial charge in [0.25, 0.3) is 0 Å². The molecule has 2 aromatic carbocycles. The van der Waals surface area contributed by atoms with Gasteiger partial charge in [-0.15, -0.1) is 0 Å². The van der Waals surface area contributed by atoms with E-state index in [0.29, 0.717) is 18.4 Å². The number of Topliss-reactive ketones (excluding diaryl/α,β-unsaturated/α-hetero) is 2. The minimum Gasteiger partial charge on any atom is -0.390 e. The molecule has 36 heavy (non-hydrogen) atoms. The van der Waals surface area contributed by atoms with Crippen LogP contribution in [0.2, 0.25) is 0 Å². The number of halogens is 2. The number of carbonyl (C=O) groups excluding carboxylic acids is 2. The van der Waals surface area contributed by atoms with Crippen molar-refractivity contribution in [3.63, 3.8) is 0 Å². The van der Waals surface area contributed by atoms with Gasteiger partial charge in [-0.05, 0) is 64.2 Å². The fourth-order valence-electron chi connectivity index (χ4n) is 5.78. The molecule has 1 saturated carbocycles. The summed E-state index contributed by atoms with van der Waals surface area (Å²) < 4.78 is 59.0. The van der Waals surface area contributed by atoms with Crippen LogP contribution in [0.25, 0.3) is 0 Å². The zero-order valence-electron chi connectivity index (χ0n) is 20.6. The fourth-order valence-corrected chi connectivity index (χ4v) is 7.97. The van der Waals surface area contributed by atoms with Gasteiger partial charge in [-0.1, -0.05) is 30.3 Å². The molecule has 1 saturated heterocycles. The highest BCUT2D eigenvalue weighted by atomic mass is 32.2. The molecule has 0 aromatic heterocycles. The maximum Gasteiger partial charge on any atom is 0.221 e. The maximum absolute atomic E-state index is 15.4. The highest BCUT2D eigenvalue weighted by molar-refractivity contribution is 7.89. The maximum atomic E-state index is 15.4. The quantitative estimate of drug-likeness (QED) is 0.549. The van der Waals surface area contributed by atoms with Crippen LogP contribution in [0.3, 0.4) is 0 Å². The van der Waals surface area contributed by atoms with Gasteiger partial charge in [0.15, 0.2) is 5.78 Å². The van der Waals surface area contributed by atoms with Gasteiger partial charge in [0.2, 0.25) is 10.0 Å². The standard InChI is InChI=1S/C27H31F2NO5S/c1-17-9-10-24(19-7-5-4-6-8-19)36(34,35)30(17)14-20-12-23(29)21(13-22(20)28)27(15-26(3,33)16-27)25(32)11-18(2)31/h4-8,12-13,17,24,33H,9-11,14-16H2,1-3H3/t17-,24+,26?,27?/m0/s1. The van der Waals surface area contributed by atoms with Gasteiger partial charge in [-0.3, -0.25) is 9.59 Å². The summed E-state index contributed by atoms with van der Waals surface area (Å²) in [5, 5.41) is 9.53. The Labute approximate surface area is 210 Å². The van der Waals surface area contributed by atoms with Crippen LogP contribution in [0.4, 0.5) is 8.78 Å². The van der Waals surface area contributed by atoms with Crippen molar-refractivity contribution in [2.45, 2.75) is 81.7 Å². The molecule has 4 rings (SSSR count). The van der Waals surface area contributed by atoms with Crippen molar-refractivity contribution < 1.29 is 31.9 Å². The minimum absolute atomic E-state index is 0.127. The average Bonchev–Trinajstić information content (AvgIpc) is 2.76. The summed E-state index contributed by atoms with van der Waals surface area (Å²) in [6.45, 7) is 4.14. The van der Waals surface area contributed by atoms with Crippen LogP contribution in [0, 0.1) is 11.6 Å². The third-order valence-electron chi connectivity index (χ3n) is 7.48. The Hall–Kier alpha value is -2.49. The Morgan fingerprint density at radius 3 is 2.31 bits per heavy atom. The summed E-state index contributed by atoms with van der Waals surface area (Å²) in [5.41, 5.74) is -2.43. The first-order valence-corrected chi connectivity index (χ1v) is 13.6. The van der Waals surface area contributed by atoms with Crippen molar-refractivity contribution >= 4 is 21.6 Å². The first-order chi connectivity index (χ1) is 16.8. The van der Waals surface area contributed by atoms with Crippen LogP contribution < -0.4 is 0 Å². The lowest BCUT2D eigenvalue weighted by Crippen LogP contribution is -2.58. The van der Waals surface area contributed by atoms with Crippen molar-refractivity contribution in [1.29, 1.82) is 0 Å². The van der Waals surface area contributed by atoms with Crippen molar-refractivity contribution in [2.24, 2.45) is 0 Å². The van der Waals surface area contributed by atoms with Gasteiger partial charge >= 0.3 is 0 Å². The van der Waals surface area contributed by atoms with E-state index in [0.717, 1.165) is 12.1 Å². The smallest absolute Gasteiger partial charge is 0.221 e. The van der Waals surface area contributed by atoms with Gasteiger partial charge in [-0.2, -0.15) is 4.31 Å². The lowest BCUT2D eigenvalue weighted by Gasteiger charge is -2.51. The number of sulfonamides is 1. The van der Waals surface area contributed by atoms with Gasteiger partial charge in [0, 0.05) is 23.7 Å². The second-order valence-electron chi connectivity index (χ2n) is 10.6. The Morgan fingerprint density at radius 1 is 1.08 bits per heavy atom. The molecule has 0 amide bonds. The van der Waals surface area contributed by atoms with Crippen LogP contribution in [0.5, 0.6) is 0 Å². The SMILES string of the molecule is CC(=O)CC(=O)C1(c2cc(F)c(CN3[C@@H](C)CC[C@H](c4ccccc4)S3(=O)=O)cc2F)CC(C)(O)C1. The third-order valence-corrected chi connectivity index (χ3v) is 9.85. The lowest BCUT2D eigenvalue weighted by atomic mass is 9.54. The molecule has 2 aliphatic rings. The van der Waals surface area contributed by atoms with Crippen LogP contribution in [-0.2, 0) is 31.6 Å². The predicted octanol–water partition coefficient (Wildman–Crippen LogP) is 4.35. The highest BCUT2D eigenvalue weighted by Gasteiger charge is 2.57. The predicted molar refractivity (Wildman–Crippen MR) is 131 cm³/mol. The molecule has 1 aliphatic carbocycles. The molecular formula is C27H31F2NO5S. The summed E-state index contributed by atoms with van der Waals surface area (Å²) >= 11 is 0. The second kappa shape index (κ2) is 9.43. The molecule has 0 spiro atoms. The number of rotatable bonds is 7. The van der Waals surface area contributed by atoms with Crippen molar-refractivity contribution in [3.8, 4) is 0 Å². The minimum atomic E-state index is -3.85. The van der Waals surface area contributed by atoms with Gasteiger partial charge < -0.3 is 5.11 Å². The van der Waals surface area contributed by atoms with Crippen LogP contribution in [0.15, 0.2) is 42.5 Å². The van der Waals surface area contributed by atoms with E-state index in [2.05, 4.69) is 0 Å². The molecule has 1 N–H and O–H groups in total. The number of hydrogen-bond acceptors (Lipinski definition) is 5. The zero-order chi connectivity index (χ0) is 26.5. The topological polar surface area (TPSA) is 91.8 Å². The molecule has 0 unspecified atom stereocenters. The molecule has 0 radical (unpaired) electrons. The largest absolute Gasteiger partial charge is 0.390 e. The lowest BCUT2D eigenvalue weighted by molar-refractivity contribution is -0.145. The summed E-state index contributed by atoms with van der Waals surface area (Å²) in [6, 6.07) is 10.3. The monoisotopic (exact) mass is 519 g/mol. The highest BCUT2D eigenvalue weighted by Crippen LogP contribution is 2.52. The Kier molecular flexibility index (Phi) is 6.96. The third kappa shape index (κ3) is 4.76. The number of nitrogens with zero attached hydrogens (tertiary/aromatic N) is 1. The van der Waals surface area contributed by atoms with Gasteiger partial charge in [0.1, 0.15) is 22.7 Å². The van der Waals surface area contributed by atoms with E-state index in [1.54, 1.807) is 37.3 Å². The number of aliphatic hydroxyl groups is 1. The number of hydrogen-bond donors (Lipinski definition) is 1. The Balaban J connectivity index is 1.67. The number of carbonyl (C=O) groups is 2. The molecule has 2 fully saturated rings. The van der Waals surface area contributed by atoms with Crippen molar-refractivity contribution in [2.75, 3.05) is 0 Å². The van der Waals surface area contributed by atoms with Crippen molar-refractivity contribution in [3.05, 3.63) is 70.8 Å². The molecular weight excluding hydrogens is 488 g/mol. The second-order valence-corrected chi connectivity index (χ2v) is 12.6. The molecule has 1 heterocycles. The first kappa shape index (κ1) is 26.6. The zero-order valence-corrected chi connectivity index (χ0v) is 21.4. The molecule has 0 bridgehead atoms. The molecule has 6 nitrogen and oxygen atoms in total. The van der Waals surface area contributed by atoms with E-state index in [1.165, 1.54) is 18.2 Å². The van der Waals surface area contributed by atoms with Crippen molar-refractivity contribution in [1.82, 2.24) is 4.31 Å². The molecule has 2 aromatic rings. The van der Waals surface area contributed by atoms with Gasteiger partial charge in [-0.25, -0.2) is 17.2 Å². The Morgan fingerprint density at radius 2 is 1.72 bits per heavy atom. The van der Waals surface area contributed by atoms with E-state index in [4.69, 9.17) is 0 Å². The molecule has 194 valence electrons. The summed E-state index contributed by atoms with van der Waals surface area (Å²) in [6.07, 6.45) is 0.304. The Bertz CT molecular complexity index is 1280. The van der Waals surface area contributed by atoms with Crippen LogP contribution in [-0.4, -0.2) is 41.0 Å². The molecule has 2 atom stereocenters. The summed E-state index contributed by atoms with van der Waals surface area (Å²) in [7, 11) is -3.85. The summed E-state index contributed by atoms with van der Waals surface area (Å²) in [5.74, 6) is -2.66. The van der Waals surface area contributed by atoms with Crippen LogP contribution >= 0.6 is 0 Å². The van der Waals surface area contributed by atoms with Gasteiger partial charge in [0.05, 0.1) is 17.4 Å². The first-order valence-electron chi connectivity index (χ1n) is 12.1. The van der Waals surface area contributed by atoms with E-state index >= 15 is 8.78 Å². The number of ketones is 2. The molecule has 1 aliphatic heterocycles. The average molecular weight is 520 g/mol. The van der Waals surface area contributed by atoms with E-state index in [-0.39, 0.29) is 30.5 Å².